The van der Waals surface area contributed by atoms with Gasteiger partial charge in [0.1, 0.15) is 0 Å². The number of hydrogen-bond donors (Lipinski definition) is 1. The van der Waals surface area contributed by atoms with Crippen LogP contribution in [-0.2, 0) is 16.6 Å². The lowest BCUT2D eigenvalue weighted by Crippen LogP contribution is -2.34. The zero-order chi connectivity index (χ0) is 13.9. The lowest BCUT2D eigenvalue weighted by atomic mass is 10.1. The van der Waals surface area contributed by atoms with Gasteiger partial charge in [0.05, 0.1) is 4.90 Å². The molecule has 0 saturated heterocycles. The molecule has 0 radical (unpaired) electrons. The number of hydrogen-bond acceptors (Lipinski definition) is 4. The van der Waals surface area contributed by atoms with Crippen molar-refractivity contribution in [2.45, 2.75) is 31.7 Å². The monoisotopic (exact) mass is 300 g/mol. The molecular weight excluding hydrogens is 280 g/mol. The summed E-state index contributed by atoms with van der Waals surface area (Å²) in [6.45, 7) is 6.78. The quantitative estimate of drug-likeness (QED) is 0.848. The first-order valence-electron chi connectivity index (χ1n) is 6.48. The summed E-state index contributed by atoms with van der Waals surface area (Å²) >= 11 is 1.50. The maximum Gasteiger partial charge on any atom is 0.244 e. The van der Waals surface area contributed by atoms with E-state index in [0.29, 0.717) is 18.0 Å². The second kappa shape index (κ2) is 6.17. The van der Waals surface area contributed by atoms with Crippen LogP contribution in [0.4, 0.5) is 0 Å². The van der Waals surface area contributed by atoms with Crippen molar-refractivity contribution >= 4 is 21.4 Å². The van der Waals surface area contributed by atoms with Gasteiger partial charge in [-0.05, 0) is 26.0 Å². The number of nitrogens with zero attached hydrogens (tertiary/aromatic N) is 1. The molecular formula is C13H20N2O2S2. The van der Waals surface area contributed by atoms with E-state index >= 15 is 0 Å². The van der Waals surface area contributed by atoms with E-state index in [2.05, 4.69) is 5.32 Å². The molecule has 4 nitrogen and oxygen atoms in total. The van der Waals surface area contributed by atoms with E-state index < -0.39 is 10.0 Å². The van der Waals surface area contributed by atoms with Crippen molar-refractivity contribution in [3.63, 3.8) is 0 Å². The summed E-state index contributed by atoms with van der Waals surface area (Å²) in [5.74, 6) is 0. The maximum absolute atomic E-state index is 12.5. The van der Waals surface area contributed by atoms with Crippen LogP contribution in [0.3, 0.4) is 0 Å². The molecule has 1 aliphatic heterocycles. The summed E-state index contributed by atoms with van der Waals surface area (Å²) in [6, 6.07) is 1.79. The third kappa shape index (κ3) is 3.45. The molecule has 19 heavy (non-hydrogen) atoms. The second-order valence-corrected chi connectivity index (χ2v) is 7.63. The van der Waals surface area contributed by atoms with Gasteiger partial charge in [-0.2, -0.15) is 4.31 Å². The summed E-state index contributed by atoms with van der Waals surface area (Å²) in [6.07, 6.45) is 2.82. The van der Waals surface area contributed by atoms with E-state index in [-0.39, 0.29) is 0 Å². The average molecular weight is 300 g/mol. The molecule has 0 unspecified atom stereocenters. The highest BCUT2D eigenvalue weighted by Gasteiger charge is 2.26. The summed E-state index contributed by atoms with van der Waals surface area (Å²) in [5, 5.41) is 4.95. The van der Waals surface area contributed by atoms with Crippen LogP contribution >= 0.6 is 11.3 Å². The highest BCUT2D eigenvalue weighted by molar-refractivity contribution is 7.89. The molecule has 0 atom stereocenters. The van der Waals surface area contributed by atoms with Crippen LogP contribution in [0, 0.1) is 0 Å². The summed E-state index contributed by atoms with van der Waals surface area (Å²) in [7, 11) is -3.32. The van der Waals surface area contributed by atoms with Gasteiger partial charge < -0.3 is 5.32 Å². The van der Waals surface area contributed by atoms with Crippen LogP contribution in [0.15, 0.2) is 28.0 Å². The van der Waals surface area contributed by atoms with Gasteiger partial charge in [0.25, 0.3) is 0 Å². The molecule has 0 saturated carbocycles. The van der Waals surface area contributed by atoms with Gasteiger partial charge >= 0.3 is 0 Å². The largest absolute Gasteiger partial charge is 0.312 e. The minimum Gasteiger partial charge on any atom is -0.312 e. The zero-order valence-corrected chi connectivity index (χ0v) is 13.0. The minimum absolute atomic E-state index is 0.429. The van der Waals surface area contributed by atoms with Crippen LogP contribution in [-0.4, -0.2) is 32.4 Å². The van der Waals surface area contributed by atoms with Crippen molar-refractivity contribution < 1.29 is 8.42 Å². The van der Waals surface area contributed by atoms with Gasteiger partial charge in [0, 0.05) is 29.9 Å². The predicted octanol–water partition coefficient (Wildman–Crippen LogP) is 2.20. The van der Waals surface area contributed by atoms with Crippen LogP contribution < -0.4 is 5.32 Å². The molecule has 1 N–H and O–H groups in total. The highest BCUT2D eigenvalue weighted by atomic mass is 32.2. The van der Waals surface area contributed by atoms with Crippen molar-refractivity contribution in [2.24, 2.45) is 0 Å². The summed E-state index contributed by atoms with van der Waals surface area (Å²) in [4.78, 5) is 1.49. The Morgan fingerprint density at radius 3 is 2.89 bits per heavy atom. The van der Waals surface area contributed by atoms with Crippen molar-refractivity contribution in [1.29, 1.82) is 0 Å². The van der Waals surface area contributed by atoms with E-state index in [1.807, 2.05) is 19.9 Å². The summed E-state index contributed by atoms with van der Waals surface area (Å²) in [5.41, 5.74) is 1.27. The fraction of sp³-hybridized carbons (Fsp3) is 0.538. The molecule has 0 amide bonds. The van der Waals surface area contributed by atoms with Gasteiger partial charge in [-0.25, -0.2) is 8.42 Å². The Labute approximate surface area is 119 Å². The molecule has 1 aromatic heterocycles. The number of rotatable bonds is 5. The first-order chi connectivity index (χ1) is 9.04. The van der Waals surface area contributed by atoms with Crippen molar-refractivity contribution in [3.05, 3.63) is 28.0 Å². The third-order valence-electron chi connectivity index (χ3n) is 3.22. The van der Waals surface area contributed by atoms with Gasteiger partial charge in [-0.1, -0.05) is 18.6 Å². The Morgan fingerprint density at radius 1 is 1.47 bits per heavy atom. The Kier molecular flexibility index (Phi) is 4.78. The molecule has 0 aliphatic carbocycles. The number of thiophene rings is 1. The maximum atomic E-state index is 12.5. The van der Waals surface area contributed by atoms with E-state index in [9.17, 15) is 8.42 Å². The van der Waals surface area contributed by atoms with Crippen LogP contribution in [0.5, 0.6) is 0 Å². The van der Waals surface area contributed by atoms with Crippen LogP contribution in [0.1, 0.15) is 25.1 Å². The van der Waals surface area contributed by atoms with Gasteiger partial charge in [0.2, 0.25) is 10.0 Å². The number of nitrogens with one attached hydrogen (secondary N) is 1. The Balaban J connectivity index is 2.13. The van der Waals surface area contributed by atoms with Crippen LogP contribution in [0.25, 0.3) is 0 Å². The van der Waals surface area contributed by atoms with Crippen molar-refractivity contribution in [1.82, 2.24) is 9.62 Å². The fourth-order valence-corrected chi connectivity index (χ4v) is 4.57. The normalized spacial score (nSPS) is 17.5. The van der Waals surface area contributed by atoms with E-state index in [4.69, 9.17) is 0 Å². The lowest BCUT2D eigenvalue weighted by Gasteiger charge is -2.24. The first kappa shape index (κ1) is 14.7. The topological polar surface area (TPSA) is 49.4 Å². The molecule has 1 aromatic rings. The second-order valence-electron chi connectivity index (χ2n) is 4.69. The predicted molar refractivity (Wildman–Crippen MR) is 78.8 cm³/mol. The standard InChI is InChI=1S/C13H20N2O2S2/c1-3-14-9-12-8-13(10-18-12)19(16,17)15-6-4-11(2)5-7-15/h4,8,10,14H,3,5-7,9H2,1-2H3. The highest BCUT2D eigenvalue weighted by Crippen LogP contribution is 2.24. The molecule has 0 bridgehead atoms. The van der Waals surface area contributed by atoms with Gasteiger partial charge in [-0.3, -0.25) is 0 Å². The molecule has 0 aromatic carbocycles. The molecule has 1 aliphatic rings. The molecule has 6 heteroatoms. The average Bonchev–Trinajstić information content (AvgIpc) is 2.86. The fourth-order valence-electron chi connectivity index (χ4n) is 1.96. The molecule has 2 rings (SSSR count). The Morgan fingerprint density at radius 2 is 2.26 bits per heavy atom. The Hall–Kier alpha value is -0.690. The SMILES string of the molecule is CCNCc1cc(S(=O)(=O)N2CC=C(C)CC2)cs1. The summed E-state index contributed by atoms with van der Waals surface area (Å²) < 4.78 is 26.5. The first-order valence-corrected chi connectivity index (χ1v) is 8.80. The molecule has 0 fully saturated rings. The van der Waals surface area contributed by atoms with Gasteiger partial charge in [-0.15, -0.1) is 11.3 Å². The molecule has 0 spiro atoms. The Bertz CT molecular complexity index is 561. The lowest BCUT2D eigenvalue weighted by molar-refractivity contribution is 0.431. The minimum atomic E-state index is -3.32. The van der Waals surface area contributed by atoms with E-state index in [1.54, 1.807) is 15.8 Å². The van der Waals surface area contributed by atoms with Crippen molar-refractivity contribution in [3.8, 4) is 0 Å². The molecule has 2 heterocycles. The zero-order valence-electron chi connectivity index (χ0n) is 11.3. The van der Waals surface area contributed by atoms with E-state index in [1.165, 1.54) is 16.9 Å². The smallest absolute Gasteiger partial charge is 0.244 e. The van der Waals surface area contributed by atoms with Crippen molar-refractivity contribution in [2.75, 3.05) is 19.6 Å². The van der Waals surface area contributed by atoms with Gasteiger partial charge in [0.15, 0.2) is 0 Å². The third-order valence-corrected chi connectivity index (χ3v) is 6.14. The molecule has 106 valence electrons. The number of sulfonamides is 1. The van der Waals surface area contributed by atoms with E-state index in [0.717, 1.165) is 24.4 Å². The van der Waals surface area contributed by atoms with Crippen LogP contribution in [0.2, 0.25) is 0 Å².